The van der Waals surface area contributed by atoms with Crippen LogP contribution in [0.15, 0.2) is 18.6 Å². The fourth-order valence-electron chi connectivity index (χ4n) is 1.92. The van der Waals surface area contributed by atoms with Crippen LogP contribution in [-0.2, 0) is 24.4 Å². The lowest BCUT2D eigenvalue weighted by Gasteiger charge is -2.06. The topological polar surface area (TPSA) is 102 Å². The Kier molecular flexibility index (Phi) is 5.16. The third-order valence-electron chi connectivity index (χ3n) is 3.06. The number of carboxylic acids is 1. The number of carboxylic acid groups (broad SMARTS) is 1. The van der Waals surface area contributed by atoms with Gasteiger partial charge in [0.05, 0.1) is 48.2 Å². The number of hydrogen-bond acceptors (Lipinski definition) is 4. The van der Waals surface area contributed by atoms with Crippen LogP contribution < -0.4 is 5.32 Å². The van der Waals surface area contributed by atoms with E-state index in [9.17, 15) is 9.59 Å². The maximum absolute atomic E-state index is 12.0. The van der Waals surface area contributed by atoms with E-state index in [1.807, 2.05) is 6.92 Å². The van der Waals surface area contributed by atoms with Crippen LogP contribution in [0.5, 0.6) is 0 Å². The molecule has 2 heterocycles. The van der Waals surface area contributed by atoms with E-state index in [1.54, 1.807) is 4.68 Å². The minimum atomic E-state index is -0.913. The van der Waals surface area contributed by atoms with Crippen LogP contribution in [-0.4, -0.2) is 36.5 Å². The Labute approximate surface area is 131 Å². The number of aromatic nitrogens is 4. The Bertz CT molecular complexity index is 679. The van der Waals surface area contributed by atoms with Crippen molar-refractivity contribution in [1.82, 2.24) is 24.9 Å². The summed E-state index contributed by atoms with van der Waals surface area (Å²) in [6.45, 7) is 3.06. The first-order chi connectivity index (χ1) is 10.5. The highest BCUT2D eigenvalue weighted by atomic mass is 35.5. The van der Waals surface area contributed by atoms with E-state index in [0.29, 0.717) is 17.1 Å². The largest absolute Gasteiger partial charge is 0.481 e. The van der Waals surface area contributed by atoms with E-state index in [-0.39, 0.29) is 25.4 Å². The Balaban J connectivity index is 1.95. The number of rotatable bonds is 7. The lowest BCUT2D eigenvalue weighted by atomic mass is 10.3. The smallest absolute Gasteiger partial charge is 0.305 e. The van der Waals surface area contributed by atoms with Gasteiger partial charge < -0.3 is 10.4 Å². The standard InChI is InChI=1S/C13H16ClN5O3/c1-2-19-11(10(14)6-17-19)7-15-13(22)9-5-16-18(8-9)4-3-12(20)21/h5-6,8H,2-4,7H2,1H3,(H,15,22)(H,20,21). The quantitative estimate of drug-likeness (QED) is 0.795. The molecule has 0 bridgehead atoms. The van der Waals surface area contributed by atoms with Crippen LogP contribution in [0.25, 0.3) is 0 Å². The summed E-state index contributed by atoms with van der Waals surface area (Å²) in [5.41, 5.74) is 1.10. The maximum Gasteiger partial charge on any atom is 0.305 e. The predicted molar refractivity (Wildman–Crippen MR) is 78.6 cm³/mol. The van der Waals surface area contributed by atoms with Gasteiger partial charge in [-0.2, -0.15) is 10.2 Å². The molecule has 2 N–H and O–H groups in total. The molecule has 0 saturated heterocycles. The van der Waals surface area contributed by atoms with Gasteiger partial charge in [0, 0.05) is 12.7 Å². The highest BCUT2D eigenvalue weighted by Gasteiger charge is 2.12. The summed E-state index contributed by atoms with van der Waals surface area (Å²) in [4.78, 5) is 22.5. The second kappa shape index (κ2) is 7.08. The first kappa shape index (κ1) is 16.0. The summed E-state index contributed by atoms with van der Waals surface area (Å²) in [7, 11) is 0. The van der Waals surface area contributed by atoms with Crippen molar-refractivity contribution in [3.63, 3.8) is 0 Å². The summed E-state index contributed by atoms with van der Waals surface area (Å²) < 4.78 is 3.13. The van der Waals surface area contributed by atoms with Crippen LogP contribution in [0.4, 0.5) is 0 Å². The molecule has 0 spiro atoms. The van der Waals surface area contributed by atoms with Gasteiger partial charge in [-0.3, -0.25) is 19.0 Å². The molecule has 1 amide bonds. The minimum Gasteiger partial charge on any atom is -0.481 e. The second-order valence-corrected chi connectivity index (χ2v) is 4.98. The molecule has 0 radical (unpaired) electrons. The number of carbonyl (C=O) groups excluding carboxylic acids is 1. The number of nitrogens with zero attached hydrogens (tertiary/aromatic N) is 4. The van der Waals surface area contributed by atoms with Crippen LogP contribution in [0.1, 0.15) is 29.4 Å². The van der Waals surface area contributed by atoms with Gasteiger partial charge in [0.2, 0.25) is 0 Å². The van der Waals surface area contributed by atoms with Crippen LogP contribution in [0, 0.1) is 0 Å². The Morgan fingerprint density at radius 3 is 2.82 bits per heavy atom. The van der Waals surface area contributed by atoms with Gasteiger partial charge in [-0.05, 0) is 6.92 Å². The van der Waals surface area contributed by atoms with Crippen LogP contribution in [0.2, 0.25) is 5.02 Å². The van der Waals surface area contributed by atoms with Crippen molar-refractivity contribution in [1.29, 1.82) is 0 Å². The van der Waals surface area contributed by atoms with E-state index in [2.05, 4.69) is 15.5 Å². The number of amides is 1. The lowest BCUT2D eigenvalue weighted by molar-refractivity contribution is -0.137. The number of aliphatic carboxylic acids is 1. The normalized spacial score (nSPS) is 10.6. The summed E-state index contributed by atoms with van der Waals surface area (Å²) in [5, 5.41) is 19.9. The van der Waals surface area contributed by atoms with Crippen molar-refractivity contribution in [2.75, 3.05) is 0 Å². The molecule has 0 fully saturated rings. The van der Waals surface area contributed by atoms with Crippen molar-refractivity contribution in [2.24, 2.45) is 0 Å². The van der Waals surface area contributed by atoms with Gasteiger partial charge in [0.1, 0.15) is 0 Å². The van der Waals surface area contributed by atoms with Gasteiger partial charge in [0.15, 0.2) is 0 Å². The maximum atomic E-state index is 12.0. The first-order valence-corrected chi connectivity index (χ1v) is 7.11. The van der Waals surface area contributed by atoms with Crippen molar-refractivity contribution in [2.45, 2.75) is 33.0 Å². The van der Waals surface area contributed by atoms with Crippen molar-refractivity contribution in [3.8, 4) is 0 Å². The van der Waals surface area contributed by atoms with Crippen LogP contribution >= 0.6 is 11.6 Å². The molecule has 118 valence electrons. The molecule has 0 unspecified atom stereocenters. The summed E-state index contributed by atoms with van der Waals surface area (Å²) in [6.07, 6.45) is 4.40. The average Bonchev–Trinajstić information content (AvgIpc) is 3.09. The summed E-state index contributed by atoms with van der Waals surface area (Å²) >= 11 is 6.02. The molecule has 2 rings (SSSR count). The zero-order valence-electron chi connectivity index (χ0n) is 12.0. The number of hydrogen-bond donors (Lipinski definition) is 2. The lowest BCUT2D eigenvalue weighted by Crippen LogP contribution is -2.24. The molecule has 9 heteroatoms. The van der Waals surface area contributed by atoms with Crippen molar-refractivity contribution < 1.29 is 14.7 Å². The van der Waals surface area contributed by atoms with E-state index < -0.39 is 5.97 Å². The number of halogens is 1. The summed E-state index contributed by atoms with van der Waals surface area (Å²) in [6, 6.07) is 0. The number of carbonyl (C=O) groups is 2. The molecule has 0 aliphatic carbocycles. The minimum absolute atomic E-state index is 0.0476. The molecule has 0 saturated carbocycles. The molecule has 0 aromatic carbocycles. The van der Waals surface area contributed by atoms with E-state index in [0.717, 1.165) is 5.69 Å². The first-order valence-electron chi connectivity index (χ1n) is 6.74. The number of nitrogens with one attached hydrogen (secondary N) is 1. The molecule has 2 aromatic rings. The zero-order valence-corrected chi connectivity index (χ0v) is 12.7. The molecule has 0 atom stereocenters. The summed E-state index contributed by atoms with van der Waals surface area (Å²) in [5.74, 6) is -1.22. The highest BCUT2D eigenvalue weighted by molar-refractivity contribution is 6.31. The zero-order chi connectivity index (χ0) is 16.1. The Morgan fingerprint density at radius 2 is 2.14 bits per heavy atom. The molecule has 0 aliphatic heterocycles. The van der Waals surface area contributed by atoms with E-state index in [1.165, 1.54) is 23.3 Å². The second-order valence-electron chi connectivity index (χ2n) is 4.57. The third-order valence-corrected chi connectivity index (χ3v) is 3.38. The molecule has 8 nitrogen and oxygen atoms in total. The van der Waals surface area contributed by atoms with Crippen LogP contribution in [0.3, 0.4) is 0 Å². The third kappa shape index (κ3) is 3.85. The van der Waals surface area contributed by atoms with Gasteiger partial charge in [-0.1, -0.05) is 11.6 Å². The van der Waals surface area contributed by atoms with Gasteiger partial charge in [-0.15, -0.1) is 0 Å². The van der Waals surface area contributed by atoms with E-state index >= 15 is 0 Å². The average molecular weight is 326 g/mol. The van der Waals surface area contributed by atoms with Crippen molar-refractivity contribution >= 4 is 23.5 Å². The Hall–Kier alpha value is -2.35. The Morgan fingerprint density at radius 1 is 1.36 bits per heavy atom. The molecular formula is C13H16ClN5O3. The fraction of sp³-hybridized carbons (Fsp3) is 0.385. The monoisotopic (exact) mass is 325 g/mol. The fourth-order valence-corrected chi connectivity index (χ4v) is 2.12. The highest BCUT2D eigenvalue weighted by Crippen LogP contribution is 2.14. The molecular weight excluding hydrogens is 310 g/mol. The van der Waals surface area contributed by atoms with Crippen molar-refractivity contribution in [3.05, 3.63) is 34.9 Å². The number of aryl methyl sites for hydroxylation is 2. The van der Waals surface area contributed by atoms with Gasteiger partial charge >= 0.3 is 5.97 Å². The SMILES string of the molecule is CCn1ncc(Cl)c1CNC(=O)c1cnn(CCC(=O)O)c1. The van der Waals surface area contributed by atoms with E-state index in [4.69, 9.17) is 16.7 Å². The van der Waals surface area contributed by atoms with Gasteiger partial charge in [0.25, 0.3) is 5.91 Å². The molecule has 22 heavy (non-hydrogen) atoms. The molecule has 2 aromatic heterocycles. The van der Waals surface area contributed by atoms with Gasteiger partial charge in [-0.25, -0.2) is 0 Å². The predicted octanol–water partition coefficient (Wildman–Crippen LogP) is 1.16. The molecule has 0 aliphatic rings.